The Morgan fingerprint density at radius 3 is 3.00 bits per heavy atom. The first-order valence-corrected chi connectivity index (χ1v) is 7.16. The molecular formula is C12H20N3S+. The highest BCUT2D eigenvalue weighted by Crippen LogP contribution is 2.01. The van der Waals surface area contributed by atoms with Gasteiger partial charge in [0.05, 0.1) is 19.2 Å². The van der Waals surface area contributed by atoms with Gasteiger partial charge in [0.1, 0.15) is 12.4 Å². The van der Waals surface area contributed by atoms with E-state index in [2.05, 4.69) is 40.8 Å². The fourth-order valence-corrected chi connectivity index (χ4v) is 2.21. The van der Waals surface area contributed by atoms with Gasteiger partial charge in [0.2, 0.25) is 0 Å². The van der Waals surface area contributed by atoms with E-state index in [9.17, 15) is 0 Å². The Morgan fingerprint density at radius 1 is 1.56 bits per heavy atom. The van der Waals surface area contributed by atoms with Crippen LogP contribution in [-0.4, -0.2) is 16.6 Å². The maximum Gasteiger partial charge on any atom is 0.256 e. The molecule has 4 heteroatoms. The lowest BCUT2D eigenvalue weighted by atomic mass is 10.3. The Balaban J connectivity index is 2.63. The first-order valence-electron chi connectivity index (χ1n) is 5.76. The maximum atomic E-state index is 8.52. The average molecular weight is 238 g/mol. The Morgan fingerprint density at radius 2 is 2.38 bits per heavy atom. The number of thioether (sulfide) groups is 1. The zero-order valence-electron chi connectivity index (χ0n) is 10.1. The summed E-state index contributed by atoms with van der Waals surface area (Å²) in [4.78, 5) is 0. The van der Waals surface area contributed by atoms with E-state index in [0.717, 1.165) is 31.7 Å². The van der Waals surface area contributed by atoms with Gasteiger partial charge >= 0.3 is 0 Å². The van der Waals surface area contributed by atoms with Crippen LogP contribution in [0.5, 0.6) is 0 Å². The van der Waals surface area contributed by atoms with E-state index in [0.29, 0.717) is 6.42 Å². The zero-order chi connectivity index (χ0) is 11.8. The highest BCUT2D eigenvalue weighted by Gasteiger charge is 2.13. The molecule has 0 atom stereocenters. The number of nitriles is 1. The van der Waals surface area contributed by atoms with Gasteiger partial charge in [-0.15, -0.1) is 0 Å². The molecule has 0 aliphatic rings. The molecule has 0 saturated carbocycles. The van der Waals surface area contributed by atoms with E-state index in [1.807, 2.05) is 11.8 Å². The van der Waals surface area contributed by atoms with Crippen molar-refractivity contribution < 1.29 is 4.57 Å². The van der Waals surface area contributed by atoms with Crippen LogP contribution in [0.15, 0.2) is 12.4 Å². The van der Waals surface area contributed by atoms with E-state index < -0.39 is 0 Å². The molecule has 0 aromatic carbocycles. The number of imidazole rings is 1. The molecule has 0 radical (unpaired) electrons. The fourth-order valence-electron chi connectivity index (χ4n) is 1.83. The first kappa shape index (κ1) is 13.1. The number of aromatic nitrogens is 2. The summed E-state index contributed by atoms with van der Waals surface area (Å²) in [5, 5.41) is 8.52. The summed E-state index contributed by atoms with van der Waals surface area (Å²) in [6, 6.07) is 2.19. The molecule has 0 aliphatic carbocycles. The second-order valence-corrected chi connectivity index (χ2v) is 4.69. The van der Waals surface area contributed by atoms with Gasteiger partial charge in [-0.25, -0.2) is 9.13 Å². The molecule has 88 valence electrons. The third kappa shape index (κ3) is 3.57. The lowest BCUT2D eigenvalue weighted by Crippen LogP contribution is -2.37. The zero-order valence-corrected chi connectivity index (χ0v) is 11.0. The van der Waals surface area contributed by atoms with Crippen LogP contribution in [0, 0.1) is 11.3 Å². The van der Waals surface area contributed by atoms with Crippen LogP contribution in [0.1, 0.15) is 25.6 Å². The molecule has 0 amide bonds. The number of hydrogen-bond donors (Lipinski definition) is 0. The third-order valence-corrected chi connectivity index (χ3v) is 3.22. The van der Waals surface area contributed by atoms with Crippen molar-refractivity contribution in [3.8, 4) is 6.07 Å². The van der Waals surface area contributed by atoms with E-state index in [1.54, 1.807) is 0 Å². The van der Waals surface area contributed by atoms with Gasteiger partial charge in [-0.2, -0.15) is 17.0 Å². The van der Waals surface area contributed by atoms with E-state index in [-0.39, 0.29) is 0 Å². The SMILES string of the molecule is CCc1n(CCSC)cc[n+]1CCCC#N. The largest absolute Gasteiger partial charge is 0.256 e. The maximum absolute atomic E-state index is 8.52. The summed E-state index contributed by atoms with van der Waals surface area (Å²) in [7, 11) is 0. The highest BCUT2D eigenvalue weighted by molar-refractivity contribution is 7.98. The molecule has 16 heavy (non-hydrogen) atoms. The van der Waals surface area contributed by atoms with Gasteiger partial charge in [-0.05, 0) is 12.7 Å². The summed E-state index contributed by atoms with van der Waals surface area (Å²) < 4.78 is 4.60. The molecule has 1 heterocycles. The minimum atomic E-state index is 0.645. The molecule has 3 nitrogen and oxygen atoms in total. The lowest BCUT2D eigenvalue weighted by molar-refractivity contribution is -0.704. The van der Waals surface area contributed by atoms with E-state index >= 15 is 0 Å². The Bertz CT molecular complexity index is 352. The van der Waals surface area contributed by atoms with E-state index in [4.69, 9.17) is 5.26 Å². The average Bonchev–Trinajstić information content (AvgIpc) is 2.69. The van der Waals surface area contributed by atoms with E-state index in [1.165, 1.54) is 5.82 Å². The molecule has 0 N–H and O–H groups in total. The molecule has 1 rings (SSSR count). The summed E-state index contributed by atoms with van der Waals surface area (Å²) in [6.45, 7) is 4.23. The number of aryl methyl sites for hydroxylation is 2. The summed E-state index contributed by atoms with van der Waals surface area (Å²) >= 11 is 1.87. The van der Waals surface area contributed by atoms with Gasteiger partial charge in [0.15, 0.2) is 0 Å². The molecule has 1 aromatic heterocycles. The highest BCUT2D eigenvalue weighted by atomic mass is 32.2. The first-order chi connectivity index (χ1) is 7.83. The molecule has 0 aliphatic heterocycles. The summed E-state index contributed by atoms with van der Waals surface area (Å²) in [6.07, 6.45) is 9.06. The summed E-state index contributed by atoms with van der Waals surface area (Å²) in [5.74, 6) is 2.52. The second kappa shape index (κ2) is 7.34. The van der Waals surface area contributed by atoms with Crippen molar-refractivity contribution in [3.05, 3.63) is 18.2 Å². The summed E-state index contributed by atoms with van der Waals surface area (Å²) in [5.41, 5.74) is 0. The smallest absolute Gasteiger partial charge is 0.234 e. The number of nitrogens with zero attached hydrogens (tertiary/aromatic N) is 3. The van der Waals surface area contributed by atoms with Gasteiger partial charge in [-0.1, -0.05) is 6.92 Å². The lowest BCUT2D eigenvalue weighted by Gasteiger charge is -2.01. The molecule has 0 bridgehead atoms. The fraction of sp³-hybridized carbons (Fsp3) is 0.667. The van der Waals surface area contributed by atoms with Crippen LogP contribution in [0.3, 0.4) is 0 Å². The van der Waals surface area contributed by atoms with Crippen molar-refractivity contribution >= 4 is 11.8 Å². The molecule has 1 aromatic rings. The monoisotopic (exact) mass is 238 g/mol. The minimum Gasteiger partial charge on any atom is -0.234 e. The second-order valence-electron chi connectivity index (χ2n) is 3.71. The minimum absolute atomic E-state index is 0.645. The number of unbranched alkanes of at least 4 members (excludes halogenated alkanes) is 1. The van der Waals surface area contributed by atoms with Crippen LogP contribution in [0.4, 0.5) is 0 Å². The standard InChI is InChI=1S/C12H20N3S/c1-3-12-14(7-5-4-6-13)8-9-15(12)10-11-16-2/h8-9H,3-5,7,10-11H2,1-2H3/q+1. The van der Waals surface area contributed by atoms with Crippen molar-refractivity contribution in [2.24, 2.45) is 0 Å². The van der Waals surface area contributed by atoms with Crippen LogP contribution < -0.4 is 4.57 Å². The number of hydrogen-bond acceptors (Lipinski definition) is 2. The van der Waals surface area contributed by atoms with Gasteiger partial charge in [0, 0.05) is 18.6 Å². The predicted octanol–water partition coefficient (Wildman–Crippen LogP) is 2.00. The molecule has 0 unspecified atom stereocenters. The van der Waals surface area contributed by atoms with Crippen molar-refractivity contribution in [1.82, 2.24) is 4.57 Å². The van der Waals surface area contributed by atoms with Crippen LogP contribution in [-0.2, 0) is 19.5 Å². The van der Waals surface area contributed by atoms with Crippen LogP contribution in [0.25, 0.3) is 0 Å². The molecular weight excluding hydrogens is 218 g/mol. The quantitative estimate of drug-likeness (QED) is 0.537. The van der Waals surface area contributed by atoms with Crippen LogP contribution in [0.2, 0.25) is 0 Å². The normalized spacial score (nSPS) is 10.3. The van der Waals surface area contributed by atoms with Crippen molar-refractivity contribution in [2.75, 3.05) is 12.0 Å². The van der Waals surface area contributed by atoms with Gasteiger partial charge in [-0.3, -0.25) is 0 Å². The van der Waals surface area contributed by atoms with Crippen molar-refractivity contribution in [1.29, 1.82) is 5.26 Å². The predicted molar refractivity (Wildman–Crippen MR) is 67.2 cm³/mol. The Kier molecular flexibility index (Phi) is 6.02. The van der Waals surface area contributed by atoms with Gasteiger partial charge in [0.25, 0.3) is 5.82 Å². The van der Waals surface area contributed by atoms with Crippen molar-refractivity contribution in [2.45, 2.75) is 39.3 Å². The molecule has 0 spiro atoms. The molecule has 0 fully saturated rings. The number of rotatable bonds is 7. The van der Waals surface area contributed by atoms with Gasteiger partial charge < -0.3 is 0 Å². The molecule has 0 saturated heterocycles. The Labute approximate surface area is 102 Å². The van der Waals surface area contributed by atoms with Crippen LogP contribution >= 0.6 is 11.8 Å². The topological polar surface area (TPSA) is 32.6 Å². The Hall–Kier alpha value is -0.950. The van der Waals surface area contributed by atoms with Crippen molar-refractivity contribution in [3.63, 3.8) is 0 Å². The third-order valence-electron chi connectivity index (χ3n) is 2.63.